The molecule has 4 atom stereocenters. The highest BCUT2D eigenvalue weighted by atomic mass is 32.1. The molecule has 0 aliphatic heterocycles. The van der Waals surface area contributed by atoms with Crippen molar-refractivity contribution in [3.8, 4) is 11.5 Å². The topological polar surface area (TPSA) is 79.7 Å². The highest BCUT2D eigenvalue weighted by Crippen LogP contribution is 2.49. The van der Waals surface area contributed by atoms with Crippen LogP contribution in [0.15, 0.2) is 54.6 Å². The van der Waals surface area contributed by atoms with E-state index in [0.717, 1.165) is 22.5 Å². The lowest BCUT2D eigenvalue weighted by atomic mass is 9.80. The number of thiazole rings is 1. The number of aromatic nitrogens is 1. The number of nitrogens with zero attached hydrogens (tertiary/aromatic N) is 2. The van der Waals surface area contributed by atoms with Crippen LogP contribution in [0.2, 0.25) is 0 Å². The molecule has 158 valence electrons. The van der Waals surface area contributed by atoms with Gasteiger partial charge in [-0.15, -0.1) is 0 Å². The van der Waals surface area contributed by atoms with Crippen LogP contribution in [0.1, 0.15) is 13.3 Å². The molecule has 1 aromatic heterocycles. The van der Waals surface area contributed by atoms with Crippen LogP contribution in [0.3, 0.4) is 0 Å². The number of benzene rings is 2. The van der Waals surface area contributed by atoms with Crippen LogP contribution >= 0.6 is 11.3 Å². The fourth-order valence-corrected chi connectivity index (χ4v) is 5.54. The van der Waals surface area contributed by atoms with Crippen molar-refractivity contribution in [1.29, 1.82) is 0 Å². The van der Waals surface area contributed by atoms with Gasteiger partial charge >= 0.3 is 0 Å². The van der Waals surface area contributed by atoms with E-state index in [0.29, 0.717) is 22.1 Å². The summed E-state index contributed by atoms with van der Waals surface area (Å²) in [6.07, 6.45) is 4.74. The summed E-state index contributed by atoms with van der Waals surface area (Å²) in [7, 11) is 0. The third-order valence-corrected chi connectivity index (χ3v) is 7.00. The van der Waals surface area contributed by atoms with Gasteiger partial charge in [-0.1, -0.05) is 23.5 Å². The second-order valence-corrected chi connectivity index (χ2v) is 8.95. The number of anilines is 1. The molecule has 6 nitrogen and oxygen atoms in total. The molecule has 2 unspecified atom stereocenters. The molecule has 2 aliphatic rings. The van der Waals surface area contributed by atoms with Gasteiger partial charge in [0.1, 0.15) is 23.1 Å². The number of Topliss-reactive ketones (excluding diaryl/α,β-unsaturated/α-hetero) is 1. The number of halogens is 1. The van der Waals surface area contributed by atoms with E-state index in [1.807, 2.05) is 12.2 Å². The Morgan fingerprint density at radius 2 is 1.77 bits per heavy atom. The molecule has 0 saturated heterocycles. The van der Waals surface area contributed by atoms with E-state index in [4.69, 9.17) is 4.74 Å². The Kier molecular flexibility index (Phi) is 4.83. The molecule has 3 aromatic rings. The van der Waals surface area contributed by atoms with Gasteiger partial charge in [-0.25, -0.2) is 9.37 Å². The maximum Gasteiger partial charge on any atom is 0.257 e. The van der Waals surface area contributed by atoms with E-state index < -0.39 is 17.7 Å². The van der Waals surface area contributed by atoms with Crippen LogP contribution < -0.4 is 9.80 Å². The molecule has 0 spiro atoms. The molecular formula is C23H19FN2O4S. The zero-order chi connectivity index (χ0) is 21.7. The minimum absolute atomic E-state index is 0.0320. The van der Waals surface area contributed by atoms with Crippen LogP contribution in [0.25, 0.3) is 10.2 Å². The van der Waals surface area contributed by atoms with Crippen LogP contribution in [-0.2, 0) is 9.59 Å². The molecule has 1 N–H and O–H groups in total. The van der Waals surface area contributed by atoms with E-state index in [1.165, 1.54) is 31.2 Å². The summed E-state index contributed by atoms with van der Waals surface area (Å²) in [5.41, 5.74) is 0.606. The van der Waals surface area contributed by atoms with Crippen LogP contribution in [0.5, 0.6) is 11.5 Å². The van der Waals surface area contributed by atoms with Gasteiger partial charge in [0.25, 0.3) is 5.91 Å². The minimum Gasteiger partial charge on any atom is -0.457 e. The molecule has 1 saturated carbocycles. The van der Waals surface area contributed by atoms with Gasteiger partial charge in [-0.05, 0) is 61.6 Å². The number of hydroxylamine groups is 1. The van der Waals surface area contributed by atoms with Crippen molar-refractivity contribution in [3.63, 3.8) is 0 Å². The molecule has 1 heterocycles. The zero-order valence-corrected chi connectivity index (χ0v) is 17.4. The Hall–Kier alpha value is -3.10. The van der Waals surface area contributed by atoms with E-state index in [2.05, 4.69) is 4.98 Å². The maximum absolute atomic E-state index is 13.1. The highest BCUT2D eigenvalue weighted by Gasteiger charge is 2.51. The summed E-state index contributed by atoms with van der Waals surface area (Å²) in [5.74, 6) is -0.805. The van der Waals surface area contributed by atoms with Crippen LogP contribution in [0, 0.1) is 29.5 Å². The lowest BCUT2D eigenvalue weighted by molar-refractivity contribution is -0.134. The quantitative estimate of drug-likeness (QED) is 0.345. The Bertz CT molecular complexity index is 1210. The Labute approximate surface area is 181 Å². The van der Waals surface area contributed by atoms with Gasteiger partial charge in [-0.3, -0.25) is 14.8 Å². The lowest BCUT2D eigenvalue weighted by Gasteiger charge is -2.27. The first-order valence-corrected chi connectivity index (χ1v) is 10.8. The largest absolute Gasteiger partial charge is 0.457 e. The predicted octanol–water partition coefficient (Wildman–Crippen LogP) is 4.98. The molecule has 31 heavy (non-hydrogen) atoms. The molecule has 0 radical (unpaired) electrons. The second-order valence-electron chi connectivity index (χ2n) is 7.94. The van der Waals surface area contributed by atoms with Crippen molar-refractivity contribution in [2.75, 3.05) is 5.06 Å². The van der Waals surface area contributed by atoms with Gasteiger partial charge in [0.15, 0.2) is 0 Å². The third kappa shape index (κ3) is 3.51. The highest BCUT2D eigenvalue weighted by molar-refractivity contribution is 7.22. The normalized spacial score (nSPS) is 24.0. The van der Waals surface area contributed by atoms with E-state index in [1.54, 1.807) is 18.2 Å². The standard InChI is InChI=1S/C23H19FN2O4S/c1-12(27)20-13-2-3-14(10-13)21(20)22(28)26(29)23-25-18-9-8-17(11-19(18)31-23)30-16-6-4-15(24)5-7-16/h2-9,11,13-14,20-21,29H,10H2,1H3/t13?,14?,20-,21+/m0/s1. The molecule has 2 aliphatic carbocycles. The van der Waals surface area contributed by atoms with Gasteiger partial charge in [0.2, 0.25) is 5.13 Å². The van der Waals surface area contributed by atoms with E-state index in [9.17, 15) is 19.2 Å². The zero-order valence-electron chi connectivity index (χ0n) is 16.6. The summed E-state index contributed by atoms with van der Waals surface area (Å²) < 4.78 is 19.5. The van der Waals surface area contributed by atoms with Gasteiger partial charge < -0.3 is 4.74 Å². The Morgan fingerprint density at radius 1 is 1.10 bits per heavy atom. The Morgan fingerprint density at radius 3 is 2.48 bits per heavy atom. The van der Waals surface area contributed by atoms with Crippen molar-refractivity contribution < 1.29 is 23.9 Å². The lowest BCUT2D eigenvalue weighted by Crippen LogP contribution is -2.41. The maximum atomic E-state index is 13.1. The minimum atomic E-state index is -0.568. The first-order chi connectivity index (χ1) is 14.9. The summed E-state index contributed by atoms with van der Waals surface area (Å²) in [6.45, 7) is 1.50. The first-order valence-electron chi connectivity index (χ1n) is 9.96. The number of carbonyl (C=O) groups is 2. The number of allylic oxidation sites excluding steroid dienone is 2. The molecule has 5 rings (SSSR count). The monoisotopic (exact) mass is 438 g/mol. The number of rotatable bonds is 5. The Balaban J connectivity index is 1.38. The molecule has 8 heteroatoms. The van der Waals surface area contributed by atoms with E-state index in [-0.39, 0.29) is 28.6 Å². The average molecular weight is 438 g/mol. The van der Waals surface area contributed by atoms with E-state index >= 15 is 0 Å². The first kappa shape index (κ1) is 19.8. The number of hydrogen-bond acceptors (Lipinski definition) is 6. The number of fused-ring (bicyclic) bond motifs is 3. The predicted molar refractivity (Wildman–Crippen MR) is 114 cm³/mol. The van der Waals surface area contributed by atoms with Gasteiger partial charge in [0.05, 0.1) is 16.1 Å². The molecule has 2 aromatic carbocycles. The molecular weight excluding hydrogens is 419 g/mol. The molecule has 1 fully saturated rings. The SMILES string of the molecule is CC(=O)[C@H]1C2C=CC(C2)[C@H]1C(=O)N(O)c1nc2ccc(Oc3ccc(F)cc3)cc2s1. The smallest absolute Gasteiger partial charge is 0.257 e. The van der Waals surface area contributed by atoms with Crippen LogP contribution in [-0.4, -0.2) is 21.9 Å². The number of hydrogen-bond donors (Lipinski definition) is 1. The van der Waals surface area contributed by atoms with Crippen LogP contribution in [0.4, 0.5) is 9.52 Å². The third-order valence-electron chi connectivity index (χ3n) is 6.00. The van der Waals surface area contributed by atoms with Crippen molar-refractivity contribution in [2.24, 2.45) is 23.7 Å². The number of amides is 1. The summed E-state index contributed by atoms with van der Waals surface area (Å²) in [5, 5.41) is 11.4. The number of ketones is 1. The van der Waals surface area contributed by atoms with Crippen molar-refractivity contribution in [1.82, 2.24) is 4.98 Å². The van der Waals surface area contributed by atoms with Crippen molar-refractivity contribution in [2.45, 2.75) is 13.3 Å². The van der Waals surface area contributed by atoms with Crippen molar-refractivity contribution >= 4 is 38.4 Å². The van der Waals surface area contributed by atoms with Gasteiger partial charge in [0, 0.05) is 12.0 Å². The fourth-order valence-electron chi connectivity index (χ4n) is 4.63. The fraction of sp³-hybridized carbons (Fsp3) is 0.261. The average Bonchev–Trinajstić information content (AvgIpc) is 3.48. The van der Waals surface area contributed by atoms with Gasteiger partial charge in [-0.2, -0.15) is 5.06 Å². The summed E-state index contributed by atoms with van der Waals surface area (Å²) in [4.78, 5) is 29.5. The summed E-state index contributed by atoms with van der Waals surface area (Å²) >= 11 is 1.15. The molecule has 1 amide bonds. The number of carbonyl (C=O) groups excluding carboxylic acids is 2. The second kappa shape index (κ2) is 7.55. The van der Waals surface area contributed by atoms with Crippen molar-refractivity contribution in [3.05, 3.63) is 60.4 Å². The molecule has 2 bridgehead atoms. The number of ether oxygens (including phenoxy) is 1. The summed E-state index contributed by atoms with van der Waals surface area (Å²) in [6, 6.07) is 10.9.